The number of aromatic amines is 1. The Balaban J connectivity index is 1.50. The van der Waals surface area contributed by atoms with Gasteiger partial charge in [-0.05, 0) is 42.7 Å². The molecule has 3 aromatic heterocycles. The predicted octanol–water partition coefficient (Wildman–Crippen LogP) is 3.89. The highest BCUT2D eigenvalue weighted by atomic mass is 32.1. The summed E-state index contributed by atoms with van der Waals surface area (Å²) in [6.07, 6.45) is 3.58. The van der Waals surface area contributed by atoms with Crippen molar-refractivity contribution < 1.29 is 0 Å². The number of rotatable bonds is 4. The first kappa shape index (κ1) is 14.3. The van der Waals surface area contributed by atoms with E-state index >= 15 is 0 Å². The van der Waals surface area contributed by atoms with E-state index in [0.717, 1.165) is 39.5 Å². The summed E-state index contributed by atoms with van der Waals surface area (Å²) in [5.74, 6) is 0. The van der Waals surface area contributed by atoms with E-state index in [0.29, 0.717) is 0 Å². The molecule has 1 aromatic carbocycles. The number of aromatic nitrogens is 3. The van der Waals surface area contributed by atoms with Gasteiger partial charge in [0.2, 0.25) is 0 Å². The van der Waals surface area contributed by atoms with Gasteiger partial charge in [-0.25, -0.2) is 4.98 Å². The molecule has 4 nitrogen and oxygen atoms in total. The maximum absolute atomic E-state index is 11.4. The zero-order valence-corrected chi connectivity index (χ0v) is 13.8. The lowest BCUT2D eigenvalue weighted by Crippen LogP contribution is -1.92. The Labute approximate surface area is 140 Å². The van der Waals surface area contributed by atoms with Crippen molar-refractivity contribution >= 4 is 32.9 Å². The molecule has 4 aromatic rings. The van der Waals surface area contributed by atoms with Crippen LogP contribution < -0.4 is 4.87 Å². The number of aryl methyl sites for hydroxylation is 2. The topological polar surface area (TPSA) is 58.6 Å². The second-order valence-corrected chi connectivity index (χ2v) is 7.08. The normalized spacial score (nSPS) is 11.1. The second-order valence-electron chi connectivity index (χ2n) is 5.20. The third kappa shape index (κ3) is 3.09. The Kier molecular flexibility index (Phi) is 3.77. The number of hydrogen-bond donors (Lipinski definition) is 1. The van der Waals surface area contributed by atoms with Gasteiger partial charge in [0.1, 0.15) is 5.01 Å². The van der Waals surface area contributed by atoms with Crippen LogP contribution in [0.15, 0.2) is 52.8 Å². The van der Waals surface area contributed by atoms with Crippen LogP contribution in [0.5, 0.6) is 0 Å². The Morgan fingerprint density at radius 3 is 2.96 bits per heavy atom. The van der Waals surface area contributed by atoms with E-state index in [1.165, 1.54) is 16.9 Å². The standard InChI is InChI=1S/C17H13N3OS2/c21-17-20-13-7-5-11(9-15(13)23-17)4-6-12-10-22-16(19-12)14-3-1-2-8-18-14/h1-3,5,7-10H,4,6H2,(H,20,21). The fraction of sp³-hybridized carbons (Fsp3) is 0.118. The SMILES string of the molecule is O=c1[nH]c2ccc(CCc3csc(-c4ccccn4)n3)cc2s1. The first-order valence-electron chi connectivity index (χ1n) is 7.25. The average Bonchev–Trinajstić information content (AvgIpc) is 3.18. The number of pyridine rings is 1. The number of thiazole rings is 2. The summed E-state index contributed by atoms with van der Waals surface area (Å²) in [5.41, 5.74) is 4.13. The fourth-order valence-electron chi connectivity index (χ4n) is 2.45. The van der Waals surface area contributed by atoms with Crippen molar-refractivity contribution in [1.29, 1.82) is 0 Å². The summed E-state index contributed by atoms with van der Waals surface area (Å²) in [7, 11) is 0. The van der Waals surface area contributed by atoms with Crippen LogP contribution >= 0.6 is 22.7 Å². The Hall–Kier alpha value is -2.31. The van der Waals surface area contributed by atoms with E-state index in [1.54, 1.807) is 17.5 Å². The molecule has 0 aliphatic carbocycles. The predicted molar refractivity (Wildman–Crippen MR) is 95.2 cm³/mol. The molecule has 4 rings (SSSR count). The van der Waals surface area contributed by atoms with Crippen molar-refractivity contribution in [2.75, 3.05) is 0 Å². The van der Waals surface area contributed by atoms with Crippen molar-refractivity contribution in [3.63, 3.8) is 0 Å². The third-order valence-corrected chi connectivity index (χ3v) is 5.35. The first-order valence-corrected chi connectivity index (χ1v) is 8.95. The number of nitrogens with one attached hydrogen (secondary N) is 1. The number of nitrogens with zero attached hydrogens (tertiary/aromatic N) is 2. The van der Waals surface area contributed by atoms with Crippen molar-refractivity contribution in [2.24, 2.45) is 0 Å². The highest BCUT2D eigenvalue weighted by molar-refractivity contribution is 7.16. The molecule has 0 fully saturated rings. The molecule has 0 amide bonds. The Morgan fingerprint density at radius 1 is 1.13 bits per heavy atom. The van der Waals surface area contributed by atoms with Gasteiger partial charge in [0.05, 0.1) is 21.6 Å². The summed E-state index contributed by atoms with van der Waals surface area (Å²) >= 11 is 2.88. The van der Waals surface area contributed by atoms with Gasteiger partial charge in [0, 0.05) is 11.6 Å². The molecule has 23 heavy (non-hydrogen) atoms. The molecule has 0 saturated carbocycles. The van der Waals surface area contributed by atoms with Crippen LogP contribution in [0.4, 0.5) is 0 Å². The lowest BCUT2D eigenvalue weighted by atomic mass is 10.1. The molecule has 3 heterocycles. The van der Waals surface area contributed by atoms with Gasteiger partial charge in [-0.3, -0.25) is 9.78 Å². The zero-order chi connectivity index (χ0) is 15.6. The largest absolute Gasteiger partial charge is 0.312 e. The molecule has 6 heteroatoms. The summed E-state index contributed by atoms with van der Waals surface area (Å²) in [5, 5.41) is 3.05. The van der Waals surface area contributed by atoms with E-state index in [-0.39, 0.29) is 4.87 Å². The molecule has 0 radical (unpaired) electrons. The van der Waals surface area contributed by atoms with Gasteiger partial charge in [0.25, 0.3) is 0 Å². The van der Waals surface area contributed by atoms with Crippen LogP contribution in [-0.4, -0.2) is 15.0 Å². The lowest BCUT2D eigenvalue weighted by Gasteiger charge is -1.99. The van der Waals surface area contributed by atoms with Gasteiger partial charge in [-0.1, -0.05) is 23.5 Å². The van der Waals surface area contributed by atoms with Gasteiger partial charge in [-0.2, -0.15) is 0 Å². The number of hydrogen-bond acceptors (Lipinski definition) is 5. The molecular weight excluding hydrogens is 326 g/mol. The monoisotopic (exact) mass is 339 g/mol. The molecule has 0 spiro atoms. The maximum Gasteiger partial charge on any atom is 0.305 e. The molecular formula is C17H13N3OS2. The first-order chi connectivity index (χ1) is 11.3. The van der Waals surface area contributed by atoms with Crippen molar-refractivity contribution in [1.82, 2.24) is 15.0 Å². The molecule has 0 bridgehead atoms. The Morgan fingerprint density at radius 2 is 2.09 bits per heavy atom. The van der Waals surface area contributed by atoms with E-state index in [2.05, 4.69) is 32.5 Å². The minimum absolute atomic E-state index is 0.00310. The average molecular weight is 339 g/mol. The summed E-state index contributed by atoms with van der Waals surface area (Å²) in [4.78, 5) is 23.2. The van der Waals surface area contributed by atoms with Crippen molar-refractivity contribution in [3.05, 3.63) is 68.9 Å². The quantitative estimate of drug-likeness (QED) is 0.613. The van der Waals surface area contributed by atoms with E-state index in [1.807, 2.05) is 24.3 Å². The summed E-state index contributed by atoms with van der Waals surface area (Å²) in [6.45, 7) is 0. The van der Waals surface area contributed by atoms with Crippen LogP contribution in [0.25, 0.3) is 20.9 Å². The minimum Gasteiger partial charge on any atom is -0.312 e. The zero-order valence-electron chi connectivity index (χ0n) is 12.2. The number of benzene rings is 1. The van der Waals surface area contributed by atoms with Gasteiger partial charge < -0.3 is 4.98 Å². The van der Waals surface area contributed by atoms with Crippen molar-refractivity contribution in [2.45, 2.75) is 12.8 Å². The Bertz CT molecular complexity index is 1000. The lowest BCUT2D eigenvalue weighted by molar-refractivity contribution is 0.928. The molecule has 0 aliphatic rings. The minimum atomic E-state index is -0.00310. The molecule has 0 atom stereocenters. The van der Waals surface area contributed by atoms with Crippen LogP contribution in [0.2, 0.25) is 0 Å². The smallest absolute Gasteiger partial charge is 0.305 e. The number of fused-ring (bicyclic) bond motifs is 1. The molecule has 1 N–H and O–H groups in total. The van der Waals surface area contributed by atoms with Crippen LogP contribution in [0, 0.1) is 0 Å². The highest BCUT2D eigenvalue weighted by Gasteiger charge is 2.06. The molecule has 114 valence electrons. The third-order valence-electron chi connectivity index (χ3n) is 3.59. The fourth-order valence-corrected chi connectivity index (χ4v) is 4.08. The van der Waals surface area contributed by atoms with Gasteiger partial charge >= 0.3 is 4.87 Å². The molecule has 0 aliphatic heterocycles. The van der Waals surface area contributed by atoms with Crippen LogP contribution in [0.1, 0.15) is 11.3 Å². The van der Waals surface area contributed by atoms with Gasteiger partial charge in [-0.15, -0.1) is 11.3 Å². The van der Waals surface area contributed by atoms with Crippen molar-refractivity contribution in [3.8, 4) is 10.7 Å². The molecule has 0 saturated heterocycles. The number of H-pyrrole nitrogens is 1. The second kappa shape index (κ2) is 6.06. The van der Waals surface area contributed by atoms with Crippen LogP contribution in [0.3, 0.4) is 0 Å². The van der Waals surface area contributed by atoms with E-state index in [4.69, 9.17) is 0 Å². The van der Waals surface area contributed by atoms with Gasteiger partial charge in [0.15, 0.2) is 0 Å². The molecule has 0 unspecified atom stereocenters. The maximum atomic E-state index is 11.4. The van der Waals surface area contributed by atoms with E-state index in [9.17, 15) is 4.79 Å². The van der Waals surface area contributed by atoms with Crippen LogP contribution in [-0.2, 0) is 12.8 Å². The highest BCUT2D eigenvalue weighted by Crippen LogP contribution is 2.23. The van der Waals surface area contributed by atoms with E-state index < -0.39 is 0 Å². The summed E-state index contributed by atoms with van der Waals surface area (Å²) < 4.78 is 1.01. The summed E-state index contributed by atoms with van der Waals surface area (Å²) in [6, 6.07) is 12.0.